The molecule has 1 N–H and O–H groups in total. The third-order valence-electron chi connectivity index (χ3n) is 2.82. The molecule has 2 aromatic rings. The number of aryl methyl sites for hydroxylation is 1. The fourth-order valence-corrected chi connectivity index (χ4v) is 1.72. The Hall–Kier alpha value is -2.17. The number of rotatable bonds is 2. The molecule has 0 radical (unpaired) electrons. The van der Waals surface area contributed by atoms with Crippen molar-refractivity contribution in [3.8, 4) is 11.4 Å². The van der Waals surface area contributed by atoms with Gasteiger partial charge in [0.05, 0.1) is 5.56 Å². The molecule has 1 heterocycles. The highest BCUT2D eigenvalue weighted by Gasteiger charge is 2.21. The van der Waals surface area contributed by atoms with Crippen molar-refractivity contribution in [3.05, 3.63) is 35.7 Å². The molecule has 100 valence electrons. The van der Waals surface area contributed by atoms with Gasteiger partial charge in [-0.05, 0) is 12.1 Å². The van der Waals surface area contributed by atoms with Crippen LogP contribution in [0.5, 0.6) is 0 Å². The molecule has 2 rings (SSSR count). The summed E-state index contributed by atoms with van der Waals surface area (Å²) >= 11 is 0. The molecule has 0 bridgehead atoms. The lowest BCUT2D eigenvalue weighted by molar-refractivity contribution is 0.0697. The molecular formula is C14H17N3O2. The summed E-state index contributed by atoms with van der Waals surface area (Å²) in [5.41, 5.74) is 1.01. The summed E-state index contributed by atoms with van der Waals surface area (Å²) in [4.78, 5) is 15.3. The standard InChI is InChI=1S/C14H17N3O2/c1-14(2,3)13-15-11(17(4)16-13)9-5-7-10(8-6-9)12(18)19/h5-8H,1-4H3,(H,18,19). The molecule has 0 saturated carbocycles. The van der Waals surface area contributed by atoms with Crippen molar-refractivity contribution in [1.82, 2.24) is 14.8 Å². The van der Waals surface area contributed by atoms with Gasteiger partial charge < -0.3 is 5.11 Å². The second kappa shape index (κ2) is 4.50. The number of carboxylic acid groups (broad SMARTS) is 1. The highest BCUT2D eigenvalue weighted by atomic mass is 16.4. The van der Waals surface area contributed by atoms with Gasteiger partial charge in [-0.1, -0.05) is 32.9 Å². The van der Waals surface area contributed by atoms with Crippen LogP contribution in [0.25, 0.3) is 11.4 Å². The molecule has 0 atom stereocenters. The van der Waals surface area contributed by atoms with E-state index < -0.39 is 5.97 Å². The molecule has 0 aliphatic carbocycles. The van der Waals surface area contributed by atoms with E-state index in [1.165, 1.54) is 0 Å². The molecule has 1 aromatic heterocycles. The van der Waals surface area contributed by atoms with E-state index in [0.29, 0.717) is 0 Å². The predicted octanol–water partition coefficient (Wildman–Crippen LogP) is 2.48. The van der Waals surface area contributed by atoms with Gasteiger partial charge in [0.1, 0.15) is 0 Å². The Kier molecular flexibility index (Phi) is 3.14. The van der Waals surface area contributed by atoms with Crippen LogP contribution in [0.2, 0.25) is 0 Å². The highest BCUT2D eigenvalue weighted by Crippen LogP contribution is 2.23. The molecule has 0 fully saturated rings. The minimum atomic E-state index is -0.931. The largest absolute Gasteiger partial charge is 0.478 e. The first kappa shape index (κ1) is 13.3. The Morgan fingerprint density at radius 2 is 1.79 bits per heavy atom. The van der Waals surface area contributed by atoms with Crippen molar-refractivity contribution < 1.29 is 9.90 Å². The molecule has 5 heteroatoms. The number of carboxylic acids is 1. The Balaban J connectivity index is 2.42. The van der Waals surface area contributed by atoms with Gasteiger partial charge in [0.2, 0.25) is 0 Å². The highest BCUT2D eigenvalue weighted by molar-refractivity contribution is 5.88. The number of hydrogen-bond donors (Lipinski definition) is 1. The molecule has 0 aliphatic rings. The van der Waals surface area contributed by atoms with Gasteiger partial charge in [-0.3, -0.25) is 0 Å². The zero-order valence-corrected chi connectivity index (χ0v) is 11.5. The van der Waals surface area contributed by atoms with E-state index in [1.54, 1.807) is 28.9 Å². The van der Waals surface area contributed by atoms with Crippen LogP contribution in [-0.4, -0.2) is 25.8 Å². The summed E-state index contributed by atoms with van der Waals surface area (Å²) in [7, 11) is 1.84. The van der Waals surface area contributed by atoms with Crippen molar-refractivity contribution in [2.75, 3.05) is 0 Å². The van der Waals surface area contributed by atoms with E-state index in [9.17, 15) is 4.79 Å². The normalized spacial score (nSPS) is 11.6. The quantitative estimate of drug-likeness (QED) is 0.899. The molecule has 5 nitrogen and oxygen atoms in total. The van der Waals surface area contributed by atoms with Gasteiger partial charge in [-0.15, -0.1) is 0 Å². The number of aromatic nitrogens is 3. The molecule has 0 saturated heterocycles. The number of nitrogens with zero attached hydrogens (tertiary/aromatic N) is 3. The predicted molar refractivity (Wildman–Crippen MR) is 72.1 cm³/mol. The van der Waals surface area contributed by atoms with Crippen LogP contribution in [0.4, 0.5) is 0 Å². The number of aromatic carboxylic acids is 1. The maximum atomic E-state index is 10.8. The van der Waals surface area contributed by atoms with Gasteiger partial charge >= 0.3 is 5.97 Å². The van der Waals surface area contributed by atoms with E-state index in [-0.39, 0.29) is 11.0 Å². The first-order valence-corrected chi connectivity index (χ1v) is 6.04. The zero-order chi connectivity index (χ0) is 14.2. The topological polar surface area (TPSA) is 68.0 Å². The van der Waals surface area contributed by atoms with Gasteiger partial charge in [0.15, 0.2) is 11.6 Å². The first-order valence-electron chi connectivity index (χ1n) is 6.04. The molecule has 0 spiro atoms. The van der Waals surface area contributed by atoms with Gasteiger partial charge in [-0.25, -0.2) is 14.5 Å². The van der Waals surface area contributed by atoms with E-state index in [2.05, 4.69) is 30.9 Å². The third-order valence-corrected chi connectivity index (χ3v) is 2.82. The number of benzene rings is 1. The fraction of sp³-hybridized carbons (Fsp3) is 0.357. The van der Waals surface area contributed by atoms with Crippen molar-refractivity contribution in [3.63, 3.8) is 0 Å². The molecule has 0 unspecified atom stereocenters. The zero-order valence-electron chi connectivity index (χ0n) is 11.5. The summed E-state index contributed by atoms with van der Waals surface area (Å²) in [6.07, 6.45) is 0. The minimum absolute atomic E-state index is 0.114. The first-order chi connectivity index (χ1) is 8.79. The molecule has 1 aromatic carbocycles. The van der Waals surface area contributed by atoms with Crippen molar-refractivity contribution in [2.24, 2.45) is 7.05 Å². The van der Waals surface area contributed by atoms with E-state index in [4.69, 9.17) is 5.11 Å². The van der Waals surface area contributed by atoms with Crippen LogP contribution in [0.3, 0.4) is 0 Å². The maximum absolute atomic E-state index is 10.8. The van der Waals surface area contributed by atoms with E-state index in [1.807, 2.05) is 7.05 Å². The third kappa shape index (κ3) is 2.65. The SMILES string of the molecule is Cn1nc(C(C)(C)C)nc1-c1ccc(C(=O)O)cc1. The Morgan fingerprint density at radius 3 is 2.21 bits per heavy atom. The second-order valence-electron chi connectivity index (χ2n) is 5.52. The summed E-state index contributed by atoms with van der Waals surface area (Å²) in [5.74, 6) is 0.578. The lowest BCUT2D eigenvalue weighted by Crippen LogP contribution is -2.13. The van der Waals surface area contributed by atoms with Crippen LogP contribution in [0.1, 0.15) is 37.0 Å². The van der Waals surface area contributed by atoms with Crippen LogP contribution < -0.4 is 0 Å². The van der Waals surface area contributed by atoms with Crippen molar-refractivity contribution in [1.29, 1.82) is 0 Å². The van der Waals surface area contributed by atoms with E-state index in [0.717, 1.165) is 17.2 Å². The Bertz CT molecular complexity index is 607. The monoisotopic (exact) mass is 259 g/mol. The average Bonchev–Trinajstić information content (AvgIpc) is 2.71. The van der Waals surface area contributed by atoms with Gasteiger partial charge in [-0.2, -0.15) is 5.10 Å². The Morgan fingerprint density at radius 1 is 1.21 bits per heavy atom. The fourth-order valence-electron chi connectivity index (χ4n) is 1.72. The second-order valence-corrected chi connectivity index (χ2v) is 5.52. The maximum Gasteiger partial charge on any atom is 0.335 e. The minimum Gasteiger partial charge on any atom is -0.478 e. The van der Waals surface area contributed by atoms with Crippen LogP contribution in [-0.2, 0) is 12.5 Å². The van der Waals surface area contributed by atoms with Crippen LogP contribution in [0, 0.1) is 0 Å². The van der Waals surface area contributed by atoms with Crippen LogP contribution >= 0.6 is 0 Å². The summed E-state index contributed by atoms with van der Waals surface area (Å²) in [6.45, 7) is 6.17. The lowest BCUT2D eigenvalue weighted by Gasteiger charge is -2.11. The van der Waals surface area contributed by atoms with Crippen molar-refractivity contribution in [2.45, 2.75) is 26.2 Å². The smallest absolute Gasteiger partial charge is 0.335 e. The van der Waals surface area contributed by atoms with Gasteiger partial charge in [0, 0.05) is 18.0 Å². The molecule has 19 heavy (non-hydrogen) atoms. The average molecular weight is 259 g/mol. The summed E-state index contributed by atoms with van der Waals surface area (Å²) in [6, 6.07) is 6.64. The summed E-state index contributed by atoms with van der Waals surface area (Å²) < 4.78 is 1.72. The van der Waals surface area contributed by atoms with Crippen molar-refractivity contribution >= 4 is 5.97 Å². The van der Waals surface area contributed by atoms with E-state index >= 15 is 0 Å². The number of hydrogen-bond acceptors (Lipinski definition) is 3. The Labute approximate surface area is 111 Å². The lowest BCUT2D eigenvalue weighted by atomic mass is 9.96. The molecular weight excluding hydrogens is 242 g/mol. The van der Waals surface area contributed by atoms with Crippen LogP contribution in [0.15, 0.2) is 24.3 Å². The van der Waals surface area contributed by atoms with Gasteiger partial charge in [0.25, 0.3) is 0 Å². The summed E-state index contributed by atoms with van der Waals surface area (Å²) in [5, 5.41) is 13.3. The molecule has 0 amide bonds. The molecule has 0 aliphatic heterocycles. The number of carbonyl (C=O) groups is 1.